The van der Waals surface area contributed by atoms with Crippen molar-refractivity contribution in [3.05, 3.63) is 48.0 Å². The van der Waals surface area contributed by atoms with Gasteiger partial charge in [0.25, 0.3) is 0 Å². The summed E-state index contributed by atoms with van der Waals surface area (Å²) >= 11 is 0. The van der Waals surface area contributed by atoms with Crippen LogP contribution in [0.25, 0.3) is 10.8 Å². The monoisotopic (exact) mass is 253 g/mol. The maximum atomic E-state index is 3.70. The van der Waals surface area contributed by atoms with Crippen LogP contribution in [0, 0.1) is 5.92 Å². The van der Waals surface area contributed by atoms with Gasteiger partial charge in [-0.1, -0.05) is 56.3 Å². The predicted molar refractivity (Wildman–Crippen MR) is 82.6 cm³/mol. The van der Waals surface area contributed by atoms with Crippen LogP contribution >= 0.6 is 0 Å². The van der Waals surface area contributed by atoms with Crippen LogP contribution in [-0.2, 0) is 0 Å². The summed E-state index contributed by atoms with van der Waals surface area (Å²) in [5, 5.41) is 6.51. The minimum absolute atomic E-state index is 0.644. The molecule has 0 radical (unpaired) electrons. The number of rotatable bonds is 3. The molecule has 2 aromatic rings. The summed E-state index contributed by atoms with van der Waals surface area (Å²) in [6.45, 7) is 5.80. The molecule has 0 bridgehead atoms. The van der Waals surface area contributed by atoms with Gasteiger partial charge in [0.05, 0.1) is 0 Å². The standard InChI is InChI=1S/C18H23N/c1-13(2)12-18-17(10-11-19-18)16-9-5-7-14-6-3-4-8-15(14)16/h3-9,13,17-19H,10-12H2,1-2H3. The van der Waals surface area contributed by atoms with Gasteiger partial charge in [0.15, 0.2) is 0 Å². The lowest BCUT2D eigenvalue weighted by Gasteiger charge is -2.23. The predicted octanol–water partition coefficient (Wildman–Crippen LogP) is 4.33. The summed E-state index contributed by atoms with van der Waals surface area (Å²) in [6.07, 6.45) is 2.54. The maximum absolute atomic E-state index is 3.70. The summed E-state index contributed by atoms with van der Waals surface area (Å²) < 4.78 is 0. The number of nitrogens with one attached hydrogen (secondary N) is 1. The number of hydrogen-bond donors (Lipinski definition) is 1. The molecule has 2 unspecified atom stereocenters. The zero-order valence-electron chi connectivity index (χ0n) is 11.9. The molecule has 0 amide bonds. The molecule has 1 aliphatic rings. The third-order valence-corrected chi connectivity index (χ3v) is 4.30. The molecule has 1 N–H and O–H groups in total. The van der Waals surface area contributed by atoms with Crippen LogP contribution < -0.4 is 5.32 Å². The quantitative estimate of drug-likeness (QED) is 0.858. The molecule has 1 nitrogen and oxygen atoms in total. The Morgan fingerprint density at radius 3 is 2.74 bits per heavy atom. The Morgan fingerprint density at radius 1 is 1.11 bits per heavy atom. The van der Waals surface area contributed by atoms with Crippen molar-refractivity contribution in [1.29, 1.82) is 0 Å². The van der Waals surface area contributed by atoms with E-state index in [4.69, 9.17) is 0 Å². The van der Waals surface area contributed by atoms with E-state index >= 15 is 0 Å². The van der Waals surface area contributed by atoms with E-state index in [2.05, 4.69) is 61.6 Å². The van der Waals surface area contributed by atoms with E-state index in [0.717, 1.165) is 12.5 Å². The van der Waals surface area contributed by atoms with E-state index in [1.807, 2.05) is 0 Å². The fourth-order valence-electron chi connectivity index (χ4n) is 3.47. The van der Waals surface area contributed by atoms with Crippen LogP contribution in [0.4, 0.5) is 0 Å². The zero-order chi connectivity index (χ0) is 13.2. The van der Waals surface area contributed by atoms with E-state index in [0.29, 0.717) is 12.0 Å². The van der Waals surface area contributed by atoms with Gasteiger partial charge in [0.1, 0.15) is 0 Å². The van der Waals surface area contributed by atoms with Crippen LogP contribution in [0.15, 0.2) is 42.5 Å². The Hall–Kier alpha value is -1.34. The molecule has 1 heteroatoms. The SMILES string of the molecule is CC(C)CC1NCCC1c1cccc2ccccc12. The number of fused-ring (bicyclic) bond motifs is 1. The van der Waals surface area contributed by atoms with Crippen LogP contribution in [0.5, 0.6) is 0 Å². The Labute approximate surface area is 116 Å². The molecule has 0 aliphatic carbocycles. The van der Waals surface area contributed by atoms with Crippen LogP contribution in [0.1, 0.15) is 38.2 Å². The molecule has 0 saturated carbocycles. The van der Waals surface area contributed by atoms with E-state index in [-0.39, 0.29) is 0 Å². The van der Waals surface area contributed by atoms with Gasteiger partial charge in [-0.25, -0.2) is 0 Å². The summed E-state index contributed by atoms with van der Waals surface area (Å²) in [5.41, 5.74) is 1.54. The highest BCUT2D eigenvalue weighted by molar-refractivity contribution is 5.86. The average molecular weight is 253 g/mol. The molecule has 1 fully saturated rings. The first kappa shape index (κ1) is 12.7. The summed E-state index contributed by atoms with van der Waals surface area (Å²) in [4.78, 5) is 0. The normalized spacial score (nSPS) is 23.3. The van der Waals surface area contributed by atoms with Gasteiger partial charge < -0.3 is 5.32 Å². The van der Waals surface area contributed by atoms with Gasteiger partial charge in [-0.15, -0.1) is 0 Å². The molecular formula is C18H23N. The molecular weight excluding hydrogens is 230 g/mol. The van der Waals surface area contributed by atoms with Crippen molar-refractivity contribution in [2.75, 3.05) is 6.54 Å². The highest BCUT2D eigenvalue weighted by atomic mass is 14.9. The smallest absolute Gasteiger partial charge is 0.0139 e. The van der Waals surface area contributed by atoms with Crippen LogP contribution in [0.2, 0.25) is 0 Å². The van der Waals surface area contributed by atoms with E-state index < -0.39 is 0 Å². The van der Waals surface area contributed by atoms with E-state index in [9.17, 15) is 0 Å². The number of hydrogen-bond acceptors (Lipinski definition) is 1. The van der Waals surface area contributed by atoms with Crippen LogP contribution in [-0.4, -0.2) is 12.6 Å². The zero-order valence-corrected chi connectivity index (χ0v) is 11.9. The molecule has 0 aromatic heterocycles. The summed E-state index contributed by atoms with van der Waals surface area (Å²) in [6, 6.07) is 16.2. The largest absolute Gasteiger partial charge is 0.313 e. The molecule has 3 rings (SSSR count). The lowest BCUT2D eigenvalue weighted by atomic mass is 9.85. The maximum Gasteiger partial charge on any atom is 0.0139 e. The lowest BCUT2D eigenvalue weighted by molar-refractivity contribution is 0.435. The van der Waals surface area contributed by atoms with E-state index in [1.54, 1.807) is 0 Å². The number of benzene rings is 2. The molecule has 1 heterocycles. The minimum Gasteiger partial charge on any atom is -0.313 e. The molecule has 0 spiro atoms. The van der Waals surface area contributed by atoms with Crippen LogP contribution in [0.3, 0.4) is 0 Å². The topological polar surface area (TPSA) is 12.0 Å². The molecule has 2 atom stereocenters. The molecule has 1 saturated heterocycles. The second-order valence-electron chi connectivity index (χ2n) is 6.15. The molecule has 2 aromatic carbocycles. The second-order valence-corrected chi connectivity index (χ2v) is 6.15. The van der Waals surface area contributed by atoms with Crippen molar-refractivity contribution in [2.24, 2.45) is 5.92 Å². The fourth-order valence-corrected chi connectivity index (χ4v) is 3.47. The van der Waals surface area contributed by atoms with Crippen molar-refractivity contribution in [3.63, 3.8) is 0 Å². The lowest BCUT2D eigenvalue weighted by Crippen LogP contribution is -2.27. The Kier molecular flexibility index (Phi) is 3.56. The van der Waals surface area contributed by atoms with Crippen molar-refractivity contribution in [2.45, 2.75) is 38.6 Å². The van der Waals surface area contributed by atoms with Crippen molar-refractivity contribution < 1.29 is 0 Å². The minimum atomic E-state index is 0.644. The van der Waals surface area contributed by atoms with Gasteiger partial charge in [-0.05, 0) is 41.6 Å². The van der Waals surface area contributed by atoms with Gasteiger partial charge >= 0.3 is 0 Å². The molecule has 19 heavy (non-hydrogen) atoms. The average Bonchev–Trinajstić information content (AvgIpc) is 2.85. The highest BCUT2D eigenvalue weighted by Gasteiger charge is 2.29. The highest BCUT2D eigenvalue weighted by Crippen LogP contribution is 2.35. The Morgan fingerprint density at radius 2 is 1.89 bits per heavy atom. The first-order chi connectivity index (χ1) is 9.25. The molecule has 1 aliphatic heterocycles. The first-order valence-corrected chi connectivity index (χ1v) is 7.47. The van der Waals surface area contributed by atoms with Gasteiger partial charge in [0.2, 0.25) is 0 Å². The Bertz CT molecular complexity index is 553. The first-order valence-electron chi connectivity index (χ1n) is 7.47. The van der Waals surface area contributed by atoms with Gasteiger partial charge in [0, 0.05) is 12.0 Å². The Balaban J connectivity index is 1.99. The van der Waals surface area contributed by atoms with Crippen molar-refractivity contribution >= 4 is 10.8 Å². The van der Waals surface area contributed by atoms with Crippen molar-refractivity contribution in [3.8, 4) is 0 Å². The second kappa shape index (κ2) is 5.34. The summed E-state index contributed by atoms with van der Waals surface area (Å²) in [5.74, 6) is 1.43. The van der Waals surface area contributed by atoms with Gasteiger partial charge in [-0.3, -0.25) is 0 Å². The van der Waals surface area contributed by atoms with Gasteiger partial charge in [-0.2, -0.15) is 0 Å². The third kappa shape index (κ3) is 2.52. The molecule has 100 valence electrons. The van der Waals surface area contributed by atoms with Crippen molar-refractivity contribution in [1.82, 2.24) is 5.32 Å². The summed E-state index contributed by atoms with van der Waals surface area (Å²) in [7, 11) is 0. The third-order valence-electron chi connectivity index (χ3n) is 4.30. The van der Waals surface area contributed by atoms with E-state index in [1.165, 1.54) is 29.2 Å². The fraction of sp³-hybridized carbons (Fsp3) is 0.444.